The number of amides is 1. The van der Waals surface area contributed by atoms with Crippen LogP contribution in [0.4, 0.5) is 5.69 Å². The molecule has 0 aromatic heterocycles. The summed E-state index contributed by atoms with van der Waals surface area (Å²) >= 11 is 0. The maximum atomic E-state index is 12.2. The molecule has 1 aromatic carbocycles. The highest BCUT2D eigenvalue weighted by atomic mass is 16.5. The van der Waals surface area contributed by atoms with Crippen LogP contribution in [0.5, 0.6) is 5.75 Å². The van der Waals surface area contributed by atoms with Crippen molar-refractivity contribution < 1.29 is 14.3 Å². The lowest BCUT2D eigenvalue weighted by Crippen LogP contribution is -2.26. The molecule has 2 heterocycles. The van der Waals surface area contributed by atoms with Crippen LogP contribution in [0.15, 0.2) is 18.2 Å². The molecule has 1 saturated heterocycles. The minimum Gasteiger partial charge on any atom is -0.482 e. The molecule has 2 aliphatic rings. The molecule has 1 unspecified atom stereocenters. The van der Waals surface area contributed by atoms with Gasteiger partial charge in [-0.3, -0.25) is 9.59 Å². The van der Waals surface area contributed by atoms with E-state index in [0.717, 1.165) is 19.5 Å². The third-order valence-electron chi connectivity index (χ3n) is 3.33. The van der Waals surface area contributed by atoms with Gasteiger partial charge in [0, 0.05) is 18.0 Å². The third-order valence-corrected chi connectivity index (χ3v) is 3.33. The minimum atomic E-state index is -0.186. The van der Waals surface area contributed by atoms with Crippen LogP contribution < -0.4 is 15.4 Å². The quantitative estimate of drug-likeness (QED) is 0.758. The standard InChI is InChI=1S/C13H14N2O3/c16-12-7-18-11-2-1-8(5-10(11)15-12)13(17)9-3-4-14-6-9/h1-2,5,9,14H,3-4,6-7H2,(H,15,16). The summed E-state index contributed by atoms with van der Waals surface area (Å²) in [5, 5.41) is 5.89. The van der Waals surface area contributed by atoms with Crippen molar-refractivity contribution in [2.24, 2.45) is 5.92 Å². The zero-order valence-electron chi connectivity index (χ0n) is 9.86. The largest absolute Gasteiger partial charge is 0.482 e. The Morgan fingerprint density at radius 1 is 1.39 bits per heavy atom. The maximum absolute atomic E-state index is 12.2. The first kappa shape index (κ1) is 11.2. The first-order valence-electron chi connectivity index (χ1n) is 6.05. The van der Waals surface area contributed by atoms with Gasteiger partial charge in [-0.2, -0.15) is 0 Å². The van der Waals surface area contributed by atoms with Crippen molar-refractivity contribution in [1.29, 1.82) is 0 Å². The van der Waals surface area contributed by atoms with Crippen LogP contribution in [0.25, 0.3) is 0 Å². The number of carbonyl (C=O) groups is 2. The lowest BCUT2D eigenvalue weighted by atomic mass is 9.96. The van der Waals surface area contributed by atoms with Gasteiger partial charge in [0.25, 0.3) is 5.91 Å². The summed E-state index contributed by atoms with van der Waals surface area (Å²) in [7, 11) is 0. The van der Waals surface area contributed by atoms with Gasteiger partial charge in [0.05, 0.1) is 5.69 Å². The molecule has 0 aliphatic carbocycles. The number of ether oxygens (including phenoxy) is 1. The summed E-state index contributed by atoms with van der Waals surface area (Å²) in [6.07, 6.45) is 0.874. The summed E-state index contributed by atoms with van der Waals surface area (Å²) < 4.78 is 5.26. The summed E-state index contributed by atoms with van der Waals surface area (Å²) in [5.41, 5.74) is 1.22. The summed E-state index contributed by atoms with van der Waals surface area (Å²) in [4.78, 5) is 23.5. The number of Topliss-reactive ketones (excluding diaryl/α,β-unsaturated/α-hetero) is 1. The van der Waals surface area contributed by atoms with Crippen LogP contribution >= 0.6 is 0 Å². The van der Waals surface area contributed by atoms with Crippen molar-refractivity contribution in [2.75, 3.05) is 25.0 Å². The lowest BCUT2D eigenvalue weighted by molar-refractivity contribution is -0.118. The summed E-state index contributed by atoms with van der Waals surface area (Å²) in [5.74, 6) is 0.608. The highest BCUT2D eigenvalue weighted by Crippen LogP contribution is 2.29. The Morgan fingerprint density at radius 2 is 2.28 bits per heavy atom. The van der Waals surface area contributed by atoms with Gasteiger partial charge >= 0.3 is 0 Å². The van der Waals surface area contributed by atoms with Crippen molar-refractivity contribution >= 4 is 17.4 Å². The minimum absolute atomic E-state index is 0.0346. The second-order valence-electron chi connectivity index (χ2n) is 4.60. The Hall–Kier alpha value is -1.88. The number of hydrogen-bond acceptors (Lipinski definition) is 4. The zero-order chi connectivity index (χ0) is 12.5. The van der Waals surface area contributed by atoms with Crippen molar-refractivity contribution in [2.45, 2.75) is 6.42 Å². The van der Waals surface area contributed by atoms with Crippen molar-refractivity contribution in [3.63, 3.8) is 0 Å². The van der Waals surface area contributed by atoms with E-state index < -0.39 is 0 Å². The molecule has 3 rings (SSSR count). The van der Waals surface area contributed by atoms with E-state index in [-0.39, 0.29) is 24.2 Å². The zero-order valence-corrected chi connectivity index (χ0v) is 9.86. The average Bonchev–Trinajstić information content (AvgIpc) is 2.90. The number of benzene rings is 1. The van der Waals surface area contributed by atoms with E-state index >= 15 is 0 Å². The predicted molar refractivity (Wildman–Crippen MR) is 65.9 cm³/mol. The molecule has 1 amide bonds. The Balaban J connectivity index is 1.87. The van der Waals surface area contributed by atoms with Gasteiger partial charge in [0.1, 0.15) is 5.75 Å². The highest BCUT2D eigenvalue weighted by Gasteiger charge is 2.25. The predicted octanol–water partition coefficient (Wildman–Crippen LogP) is 0.810. The Labute approximate surface area is 105 Å². The summed E-state index contributed by atoms with van der Waals surface area (Å²) in [6, 6.07) is 5.20. The van der Waals surface area contributed by atoms with Crippen LogP contribution in [-0.4, -0.2) is 31.4 Å². The lowest BCUT2D eigenvalue weighted by Gasteiger charge is -2.18. The number of hydrogen-bond donors (Lipinski definition) is 2. The van der Waals surface area contributed by atoms with E-state index in [9.17, 15) is 9.59 Å². The second kappa shape index (κ2) is 4.42. The molecule has 1 aromatic rings. The van der Waals surface area contributed by atoms with E-state index in [1.165, 1.54) is 0 Å². The smallest absolute Gasteiger partial charge is 0.262 e. The van der Waals surface area contributed by atoms with Gasteiger partial charge in [0.15, 0.2) is 12.4 Å². The molecule has 0 saturated carbocycles. The van der Waals surface area contributed by atoms with Crippen molar-refractivity contribution in [3.8, 4) is 5.75 Å². The topological polar surface area (TPSA) is 67.4 Å². The fourth-order valence-corrected chi connectivity index (χ4v) is 2.35. The molecule has 0 bridgehead atoms. The molecule has 2 aliphatic heterocycles. The first-order valence-corrected chi connectivity index (χ1v) is 6.05. The number of nitrogens with one attached hydrogen (secondary N) is 2. The molecule has 0 radical (unpaired) electrons. The third kappa shape index (κ3) is 1.97. The molecule has 94 valence electrons. The van der Waals surface area contributed by atoms with Gasteiger partial charge in [-0.15, -0.1) is 0 Å². The molecule has 18 heavy (non-hydrogen) atoms. The Bertz CT molecular complexity index is 507. The van der Waals surface area contributed by atoms with Gasteiger partial charge in [-0.05, 0) is 31.2 Å². The van der Waals surface area contributed by atoms with Gasteiger partial charge < -0.3 is 15.4 Å². The normalized spacial score (nSPS) is 22.0. The second-order valence-corrected chi connectivity index (χ2v) is 4.60. The molecule has 1 fully saturated rings. The van der Waals surface area contributed by atoms with Crippen molar-refractivity contribution in [1.82, 2.24) is 5.32 Å². The van der Waals surface area contributed by atoms with Crippen LogP contribution in [0, 0.1) is 5.92 Å². The van der Waals surface area contributed by atoms with E-state index in [2.05, 4.69) is 10.6 Å². The SMILES string of the molecule is O=C1COc2ccc(C(=O)C3CCNC3)cc2N1. The van der Waals surface area contributed by atoms with E-state index in [1.54, 1.807) is 18.2 Å². The fraction of sp³-hybridized carbons (Fsp3) is 0.385. The maximum Gasteiger partial charge on any atom is 0.262 e. The number of fused-ring (bicyclic) bond motifs is 1. The van der Waals surface area contributed by atoms with Crippen LogP contribution in [0.1, 0.15) is 16.8 Å². The molecular formula is C13H14N2O3. The van der Waals surface area contributed by atoms with Crippen LogP contribution in [0.3, 0.4) is 0 Å². The van der Waals surface area contributed by atoms with Gasteiger partial charge in [-0.1, -0.05) is 0 Å². The van der Waals surface area contributed by atoms with Gasteiger partial charge in [-0.25, -0.2) is 0 Å². The monoisotopic (exact) mass is 246 g/mol. The Kier molecular flexibility index (Phi) is 2.76. The first-order chi connectivity index (χ1) is 8.74. The molecule has 5 nitrogen and oxygen atoms in total. The van der Waals surface area contributed by atoms with E-state index in [0.29, 0.717) is 17.0 Å². The van der Waals surface area contributed by atoms with Gasteiger partial charge in [0.2, 0.25) is 0 Å². The molecule has 0 spiro atoms. The van der Waals surface area contributed by atoms with Crippen molar-refractivity contribution in [3.05, 3.63) is 23.8 Å². The van der Waals surface area contributed by atoms with Crippen LogP contribution in [0.2, 0.25) is 0 Å². The molecule has 5 heteroatoms. The molecular weight excluding hydrogens is 232 g/mol. The number of anilines is 1. The molecule has 2 N–H and O–H groups in total. The number of rotatable bonds is 2. The van der Waals surface area contributed by atoms with E-state index in [4.69, 9.17) is 4.74 Å². The van der Waals surface area contributed by atoms with Crippen LogP contribution in [-0.2, 0) is 4.79 Å². The summed E-state index contributed by atoms with van der Waals surface area (Å²) in [6.45, 7) is 1.66. The average molecular weight is 246 g/mol. The Morgan fingerprint density at radius 3 is 3.06 bits per heavy atom. The number of carbonyl (C=O) groups excluding carboxylic acids is 2. The molecule has 1 atom stereocenters. The number of ketones is 1. The highest BCUT2D eigenvalue weighted by molar-refractivity contribution is 6.01. The fourth-order valence-electron chi connectivity index (χ4n) is 2.35. The van der Waals surface area contributed by atoms with E-state index in [1.807, 2.05) is 0 Å².